The number of aromatic nitrogens is 1. The molecule has 0 bridgehead atoms. The third-order valence-electron chi connectivity index (χ3n) is 7.14. The van der Waals surface area contributed by atoms with Gasteiger partial charge in [0.2, 0.25) is 11.8 Å². The van der Waals surface area contributed by atoms with Gasteiger partial charge in [-0.05, 0) is 47.2 Å². The number of nitrogens with two attached hydrogens (primary N) is 1. The second-order valence-electron chi connectivity index (χ2n) is 10.5. The van der Waals surface area contributed by atoms with Gasteiger partial charge < -0.3 is 26.5 Å². The van der Waals surface area contributed by atoms with Crippen LogP contribution in [0.1, 0.15) is 52.5 Å². The summed E-state index contributed by atoms with van der Waals surface area (Å²) in [4.78, 5) is 41.4. The lowest BCUT2D eigenvalue weighted by atomic mass is 10.00. The topological polar surface area (TPSA) is 173 Å². The fraction of sp³-hybridized carbons (Fsp3) is 0.250. The van der Waals surface area contributed by atoms with Crippen LogP contribution in [0.25, 0.3) is 10.9 Å². The molecule has 10 nitrogen and oxygen atoms in total. The maximum Gasteiger partial charge on any atom is 0.335 e. The van der Waals surface area contributed by atoms with E-state index < -0.39 is 24.0 Å². The number of hydrogen-bond acceptors (Lipinski definition) is 5. The maximum absolute atomic E-state index is 13.6. The van der Waals surface area contributed by atoms with Gasteiger partial charge in [-0.2, -0.15) is 0 Å². The molecule has 11 heteroatoms. The van der Waals surface area contributed by atoms with Crippen molar-refractivity contribution in [2.24, 2.45) is 11.7 Å². The molecule has 0 saturated carbocycles. The van der Waals surface area contributed by atoms with Crippen LogP contribution in [0.3, 0.4) is 0 Å². The zero-order chi connectivity index (χ0) is 30.2. The summed E-state index contributed by atoms with van der Waals surface area (Å²) in [6, 6.07) is 19.5. The van der Waals surface area contributed by atoms with Crippen LogP contribution in [-0.4, -0.2) is 46.3 Å². The molecule has 0 aliphatic heterocycles. The largest absolute Gasteiger partial charge is 0.478 e. The van der Waals surface area contributed by atoms with Crippen LogP contribution in [0.4, 0.5) is 0 Å². The van der Waals surface area contributed by atoms with E-state index in [0.717, 1.165) is 22.0 Å². The Kier molecular flexibility index (Phi) is 11.4. The van der Waals surface area contributed by atoms with Crippen molar-refractivity contribution >= 4 is 46.9 Å². The molecular weight excluding hydrogens is 568 g/mol. The molecule has 1 heterocycles. The molecule has 2 amide bonds. The number of para-hydroxylation sites is 1. The Morgan fingerprint density at radius 2 is 1.58 bits per heavy atom. The van der Waals surface area contributed by atoms with Crippen LogP contribution in [0, 0.1) is 11.3 Å². The van der Waals surface area contributed by atoms with Crippen LogP contribution in [0.15, 0.2) is 79.0 Å². The minimum absolute atomic E-state index is 0. The van der Waals surface area contributed by atoms with E-state index in [0.29, 0.717) is 30.6 Å². The number of rotatable bonds is 13. The number of fused-ring (bicyclic) bond motifs is 1. The van der Waals surface area contributed by atoms with Crippen molar-refractivity contribution in [3.63, 3.8) is 0 Å². The zero-order valence-corrected chi connectivity index (χ0v) is 24.8. The van der Waals surface area contributed by atoms with Crippen molar-refractivity contribution in [2.75, 3.05) is 6.54 Å². The van der Waals surface area contributed by atoms with Gasteiger partial charge in [-0.15, -0.1) is 12.4 Å². The number of amides is 2. The van der Waals surface area contributed by atoms with Crippen molar-refractivity contribution in [1.29, 1.82) is 5.41 Å². The third kappa shape index (κ3) is 8.43. The average molecular weight is 605 g/mol. The number of nitrogens with one attached hydrogen (secondary N) is 5. The molecule has 4 rings (SSSR count). The number of carboxylic acid groups (broad SMARTS) is 1. The number of H-pyrrole nitrogens is 1. The van der Waals surface area contributed by atoms with E-state index in [1.54, 1.807) is 24.3 Å². The van der Waals surface area contributed by atoms with Gasteiger partial charge in [0.05, 0.1) is 5.56 Å². The van der Waals surface area contributed by atoms with E-state index >= 15 is 0 Å². The van der Waals surface area contributed by atoms with E-state index in [9.17, 15) is 19.5 Å². The smallest absolute Gasteiger partial charge is 0.335 e. The number of hydrogen-bond donors (Lipinski definition) is 7. The fourth-order valence-electron chi connectivity index (χ4n) is 4.74. The van der Waals surface area contributed by atoms with Crippen LogP contribution in [-0.2, 0) is 22.6 Å². The predicted molar refractivity (Wildman–Crippen MR) is 169 cm³/mol. The Labute approximate surface area is 256 Å². The summed E-state index contributed by atoms with van der Waals surface area (Å²) in [5.74, 6) is -1.98. The Morgan fingerprint density at radius 1 is 0.930 bits per heavy atom. The summed E-state index contributed by atoms with van der Waals surface area (Å²) in [7, 11) is 0. The van der Waals surface area contributed by atoms with Gasteiger partial charge >= 0.3 is 5.97 Å². The van der Waals surface area contributed by atoms with Gasteiger partial charge in [0.15, 0.2) is 0 Å². The first-order chi connectivity index (χ1) is 20.1. The first-order valence-electron chi connectivity index (χ1n) is 13.8. The molecule has 0 radical (unpaired) electrons. The normalized spacial score (nSPS) is 12.3. The van der Waals surface area contributed by atoms with Crippen LogP contribution >= 0.6 is 12.4 Å². The second-order valence-corrected chi connectivity index (χ2v) is 10.5. The monoisotopic (exact) mass is 604 g/mol. The van der Waals surface area contributed by atoms with Crippen molar-refractivity contribution in [1.82, 2.24) is 20.9 Å². The van der Waals surface area contributed by atoms with Gasteiger partial charge in [-0.3, -0.25) is 20.3 Å². The van der Waals surface area contributed by atoms with Crippen molar-refractivity contribution < 1.29 is 19.5 Å². The summed E-state index contributed by atoms with van der Waals surface area (Å²) in [6.45, 7) is 4.45. The minimum Gasteiger partial charge on any atom is -0.478 e. The summed E-state index contributed by atoms with van der Waals surface area (Å²) in [6.07, 6.45) is 2.58. The van der Waals surface area contributed by atoms with E-state index in [4.69, 9.17) is 11.1 Å². The highest BCUT2D eigenvalue weighted by Gasteiger charge is 2.28. The van der Waals surface area contributed by atoms with Crippen LogP contribution in [0.5, 0.6) is 0 Å². The van der Waals surface area contributed by atoms with Gasteiger partial charge in [0.25, 0.3) is 0 Å². The van der Waals surface area contributed by atoms with Gasteiger partial charge in [0, 0.05) is 35.8 Å². The summed E-state index contributed by atoms with van der Waals surface area (Å²) in [5.41, 5.74) is 9.79. The molecule has 4 aromatic rings. The highest BCUT2D eigenvalue weighted by Crippen LogP contribution is 2.19. The molecule has 3 aromatic carbocycles. The number of amidine groups is 1. The Balaban J connectivity index is 0.00000506. The molecule has 0 fully saturated rings. The molecular formula is C32H37ClN6O4. The van der Waals surface area contributed by atoms with Crippen molar-refractivity contribution in [3.05, 3.63) is 107 Å². The van der Waals surface area contributed by atoms with E-state index in [-0.39, 0.29) is 35.6 Å². The predicted octanol–water partition coefficient (Wildman–Crippen LogP) is 3.90. The first kappa shape index (κ1) is 32.8. The molecule has 0 aliphatic carbocycles. The van der Waals surface area contributed by atoms with Gasteiger partial charge in [-0.1, -0.05) is 68.4 Å². The van der Waals surface area contributed by atoms with Crippen LogP contribution < -0.4 is 21.7 Å². The summed E-state index contributed by atoms with van der Waals surface area (Å²) in [5, 5.41) is 27.1. The SMILES string of the molecule is CC(C)C(NC(=O)C(NCc1ccc(C(=N)N)cc1)c1ccc(C(=O)O)cc1)C(=O)NCCc1c[nH]c2ccccc12.Cl. The molecule has 0 aliphatic rings. The Morgan fingerprint density at radius 3 is 2.21 bits per heavy atom. The number of carboxylic acids is 1. The molecule has 2 atom stereocenters. The lowest BCUT2D eigenvalue weighted by molar-refractivity contribution is -0.131. The molecule has 0 saturated heterocycles. The molecule has 43 heavy (non-hydrogen) atoms. The molecule has 0 spiro atoms. The minimum atomic E-state index is -1.06. The highest BCUT2D eigenvalue weighted by atomic mass is 35.5. The number of aromatic carboxylic acids is 1. The van der Waals surface area contributed by atoms with E-state index in [2.05, 4.69) is 20.9 Å². The molecule has 8 N–H and O–H groups in total. The Bertz CT molecular complexity index is 1570. The highest BCUT2D eigenvalue weighted by molar-refractivity contribution is 5.95. The van der Waals surface area contributed by atoms with E-state index in [1.807, 2.05) is 56.4 Å². The van der Waals surface area contributed by atoms with Crippen LogP contribution in [0.2, 0.25) is 0 Å². The fourth-order valence-corrected chi connectivity index (χ4v) is 4.74. The van der Waals surface area contributed by atoms with E-state index in [1.165, 1.54) is 12.1 Å². The lowest BCUT2D eigenvalue weighted by Crippen LogP contribution is -2.52. The number of carbonyl (C=O) groups is 3. The molecule has 226 valence electrons. The van der Waals surface area contributed by atoms with Gasteiger partial charge in [0.1, 0.15) is 17.9 Å². The van der Waals surface area contributed by atoms with Gasteiger partial charge in [-0.25, -0.2) is 4.79 Å². The molecule has 1 aromatic heterocycles. The quantitative estimate of drug-likeness (QED) is 0.0900. The van der Waals surface area contributed by atoms with Crippen molar-refractivity contribution in [2.45, 2.75) is 38.9 Å². The number of halogens is 1. The number of benzene rings is 3. The van der Waals surface area contributed by atoms with Crippen molar-refractivity contribution in [3.8, 4) is 0 Å². The lowest BCUT2D eigenvalue weighted by Gasteiger charge is -2.26. The number of aromatic amines is 1. The summed E-state index contributed by atoms with van der Waals surface area (Å²) >= 11 is 0. The average Bonchev–Trinajstić information content (AvgIpc) is 3.39. The summed E-state index contributed by atoms with van der Waals surface area (Å²) < 4.78 is 0. The number of carbonyl (C=O) groups excluding carboxylic acids is 2. The second kappa shape index (κ2) is 15.0. The molecule has 2 unspecified atom stereocenters. The first-order valence-corrected chi connectivity index (χ1v) is 13.8. The standard InChI is InChI=1S/C32H36N6O4.ClH/c1-19(2)27(30(39)35-16-15-24-18-36-26-6-4-3-5-25(24)26)38-31(40)28(21-11-13-23(14-12-21)32(41)42)37-17-20-7-9-22(10-8-20)29(33)34;/h3-14,18-19,27-28,36-37H,15-17H2,1-2H3,(H3,33,34)(H,35,39)(H,38,40)(H,41,42);1H. The Hall–Kier alpha value is -4.67. The number of nitrogen functional groups attached to an aromatic ring is 1. The third-order valence-corrected chi connectivity index (χ3v) is 7.14. The zero-order valence-electron chi connectivity index (χ0n) is 24.0. The maximum atomic E-state index is 13.6.